The van der Waals surface area contributed by atoms with Crippen molar-refractivity contribution in [3.8, 4) is 0 Å². The number of quaternary nitrogens is 1. The van der Waals surface area contributed by atoms with E-state index in [2.05, 4.69) is 37.1 Å². The first-order chi connectivity index (χ1) is 9.79. The summed E-state index contributed by atoms with van der Waals surface area (Å²) in [5, 5.41) is 0. The number of halogens is 1. The van der Waals surface area contributed by atoms with E-state index in [-0.39, 0.29) is 23.7 Å². The SMILES string of the molecule is Cc1ccc2c(c1)[C@@H]1C[NH+](C)CC[C@@H]1N2C(=O)C(C)(C)C.[Cl-]. The largest absolute Gasteiger partial charge is 1.00 e. The zero-order chi connectivity index (χ0) is 15.4. The number of benzene rings is 1. The van der Waals surface area contributed by atoms with Crippen LogP contribution in [0.15, 0.2) is 18.2 Å². The zero-order valence-electron chi connectivity index (χ0n) is 14.2. The van der Waals surface area contributed by atoms with Crippen molar-refractivity contribution in [2.75, 3.05) is 25.0 Å². The van der Waals surface area contributed by atoms with Gasteiger partial charge in [0, 0.05) is 17.5 Å². The average Bonchev–Trinajstić information content (AvgIpc) is 2.70. The molecule has 22 heavy (non-hydrogen) atoms. The van der Waals surface area contributed by atoms with Gasteiger partial charge in [0.1, 0.15) is 0 Å². The number of fused-ring (bicyclic) bond motifs is 3. The van der Waals surface area contributed by atoms with Gasteiger partial charge in [0.25, 0.3) is 0 Å². The van der Waals surface area contributed by atoms with Crippen molar-refractivity contribution in [3.63, 3.8) is 0 Å². The van der Waals surface area contributed by atoms with E-state index < -0.39 is 0 Å². The van der Waals surface area contributed by atoms with Crippen LogP contribution in [0, 0.1) is 12.3 Å². The number of aryl methyl sites for hydroxylation is 1. The summed E-state index contributed by atoms with van der Waals surface area (Å²) in [5.74, 6) is 0.764. The molecule has 0 bridgehead atoms. The minimum atomic E-state index is -0.326. The van der Waals surface area contributed by atoms with Gasteiger partial charge in [0.15, 0.2) is 0 Å². The number of carbonyl (C=O) groups is 1. The Hall–Kier alpha value is -1.06. The van der Waals surface area contributed by atoms with Gasteiger partial charge < -0.3 is 22.2 Å². The van der Waals surface area contributed by atoms with E-state index in [1.165, 1.54) is 11.1 Å². The van der Waals surface area contributed by atoms with Gasteiger partial charge in [-0.05, 0) is 18.6 Å². The van der Waals surface area contributed by atoms with Gasteiger partial charge in [-0.25, -0.2) is 0 Å². The van der Waals surface area contributed by atoms with Crippen molar-refractivity contribution >= 4 is 11.6 Å². The van der Waals surface area contributed by atoms with Crippen LogP contribution in [0.5, 0.6) is 0 Å². The molecule has 0 aromatic heterocycles. The normalized spacial score (nSPS) is 27.0. The monoisotopic (exact) mass is 322 g/mol. The fourth-order valence-electron chi connectivity index (χ4n) is 3.83. The minimum absolute atomic E-state index is 0. The van der Waals surface area contributed by atoms with Crippen molar-refractivity contribution in [2.24, 2.45) is 5.41 Å². The summed E-state index contributed by atoms with van der Waals surface area (Å²) >= 11 is 0. The maximum absolute atomic E-state index is 13.0. The van der Waals surface area contributed by atoms with E-state index >= 15 is 0 Å². The number of hydrogen-bond donors (Lipinski definition) is 1. The number of anilines is 1. The molecule has 1 aromatic rings. The second kappa shape index (κ2) is 5.86. The third kappa shape index (κ3) is 2.77. The van der Waals surface area contributed by atoms with Crippen LogP contribution in [0.1, 0.15) is 44.2 Å². The molecule has 1 aromatic carbocycles. The number of hydrogen-bond acceptors (Lipinski definition) is 1. The van der Waals surface area contributed by atoms with Crippen molar-refractivity contribution in [3.05, 3.63) is 29.3 Å². The first-order valence-corrected chi connectivity index (χ1v) is 8.04. The van der Waals surface area contributed by atoms with Gasteiger partial charge in [0.05, 0.1) is 32.1 Å². The molecule has 0 radical (unpaired) electrons. The second-order valence-electron chi connectivity index (χ2n) is 7.86. The summed E-state index contributed by atoms with van der Waals surface area (Å²) in [4.78, 5) is 16.7. The maximum atomic E-state index is 13.0. The summed E-state index contributed by atoms with van der Waals surface area (Å²) in [6.07, 6.45) is 1.10. The topological polar surface area (TPSA) is 24.8 Å². The molecular formula is C18H27ClN2O. The summed E-state index contributed by atoms with van der Waals surface area (Å²) in [6.45, 7) is 10.5. The maximum Gasteiger partial charge on any atom is 0.232 e. The molecule has 3 atom stereocenters. The van der Waals surface area contributed by atoms with Gasteiger partial charge in [-0.1, -0.05) is 38.5 Å². The molecule has 1 amide bonds. The van der Waals surface area contributed by atoms with Crippen LogP contribution in [0.4, 0.5) is 5.69 Å². The summed E-state index contributed by atoms with van der Waals surface area (Å²) < 4.78 is 0. The van der Waals surface area contributed by atoms with Crippen molar-refractivity contribution in [1.29, 1.82) is 0 Å². The first kappa shape index (κ1) is 17.3. The van der Waals surface area contributed by atoms with E-state index in [4.69, 9.17) is 0 Å². The third-order valence-corrected chi connectivity index (χ3v) is 4.93. The lowest BCUT2D eigenvalue weighted by atomic mass is 9.88. The van der Waals surface area contributed by atoms with Crippen molar-refractivity contribution < 1.29 is 22.1 Å². The van der Waals surface area contributed by atoms with Crippen LogP contribution in [-0.2, 0) is 4.79 Å². The number of likely N-dealkylation sites (tertiary alicyclic amines) is 1. The van der Waals surface area contributed by atoms with Crippen molar-refractivity contribution in [2.45, 2.75) is 46.1 Å². The average molecular weight is 323 g/mol. The fraction of sp³-hybridized carbons (Fsp3) is 0.611. The quantitative estimate of drug-likeness (QED) is 0.635. The second-order valence-corrected chi connectivity index (χ2v) is 7.86. The Kier molecular flexibility index (Phi) is 4.61. The van der Waals surface area contributed by atoms with E-state index in [1.54, 1.807) is 4.90 Å². The highest BCUT2D eigenvalue weighted by molar-refractivity contribution is 6.00. The molecule has 1 saturated heterocycles. The Bertz CT molecular complexity index is 579. The van der Waals surface area contributed by atoms with Gasteiger partial charge in [-0.2, -0.15) is 0 Å². The standard InChI is InChI=1S/C18H26N2O.ClH/c1-12-6-7-15-13(10-12)14-11-19(5)9-8-16(14)20(15)17(21)18(2,3)4;/h6-7,10,14,16H,8-9,11H2,1-5H3;1H/t14-,16-;/m0./s1. The number of carbonyl (C=O) groups excluding carboxylic acids is 1. The molecule has 1 fully saturated rings. The summed E-state index contributed by atoms with van der Waals surface area (Å²) in [5.41, 5.74) is 3.51. The van der Waals surface area contributed by atoms with Gasteiger partial charge >= 0.3 is 0 Å². The van der Waals surface area contributed by atoms with Gasteiger partial charge in [0.2, 0.25) is 5.91 Å². The lowest BCUT2D eigenvalue weighted by molar-refractivity contribution is -0.886. The molecule has 2 aliphatic rings. The number of nitrogens with one attached hydrogen (secondary N) is 1. The number of nitrogens with zero attached hydrogens (tertiary/aromatic N) is 1. The lowest BCUT2D eigenvalue weighted by Crippen LogP contribution is -3.11. The van der Waals surface area contributed by atoms with Gasteiger partial charge in [-0.15, -0.1) is 0 Å². The lowest BCUT2D eigenvalue weighted by Gasteiger charge is -2.36. The molecule has 0 aliphatic carbocycles. The van der Waals surface area contributed by atoms with Crippen LogP contribution in [0.2, 0.25) is 0 Å². The van der Waals surface area contributed by atoms with Crippen LogP contribution in [-0.4, -0.2) is 32.1 Å². The molecule has 0 spiro atoms. The number of likely N-dealkylation sites (N-methyl/N-ethyl adjacent to an activating group) is 1. The Labute approximate surface area is 140 Å². The first-order valence-electron chi connectivity index (χ1n) is 8.04. The Balaban J connectivity index is 0.00000176. The minimum Gasteiger partial charge on any atom is -1.00 e. The molecular weight excluding hydrogens is 296 g/mol. The predicted molar refractivity (Wildman–Crippen MR) is 85.9 cm³/mol. The molecule has 0 saturated carbocycles. The molecule has 2 aliphatic heterocycles. The number of amides is 1. The zero-order valence-corrected chi connectivity index (χ0v) is 15.0. The van der Waals surface area contributed by atoms with Crippen molar-refractivity contribution in [1.82, 2.24) is 0 Å². The van der Waals surface area contributed by atoms with Gasteiger partial charge in [-0.3, -0.25) is 4.79 Å². The Morgan fingerprint density at radius 2 is 2.00 bits per heavy atom. The van der Waals surface area contributed by atoms with E-state index in [9.17, 15) is 4.79 Å². The summed E-state index contributed by atoms with van der Waals surface area (Å²) in [7, 11) is 2.26. The van der Waals surface area contributed by atoms with E-state index in [1.807, 2.05) is 20.8 Å². The Morgan fingerprint density at radius 3 is 2.64 bits per heavy atom. The summed E-state index contributed by atoms with van der Waals surface area (Å²) in [6, 6.07) is 6.94. The number of rotatable bonds is 0. The van der Waals surface area contributed by atoms with Crippen LogP contribution >= 0.6 is 0 Å². The smallest absolute Gasteiger partial charge is 0.232 e. The molecule has 3 rings (SSSR count). The highest BCUT2D eigenvalue weighted by Crippen LogP contribution is 2.44. The third-order valence-electron chi connectivity index (χ3n) is 4.93. The van der Waals surface area contributed by atoms with E-state index in [0.717, 1.165) is 25.2 Å². The number of piperidine rings is 1. The molecule has 1 N–H and O–H groups in total. The Morgan fingerprint density at radius 1 is 1.32 bits per heavy atom. The highest BCUT2D eigenvalue weighted by Gasteiger charge is 2.47. The molecule has 1 unspecified atom stereocenters. The molecule has 4 heteroatoms. The van der Waals surface area contributed by atoms with Crippen LogP contribution in [0.25, 0.3) is 0 Å². The van der Waals surface area contributed by atoms with Crippen LogP contribution in [0.3, 0.4) is 0 Å². The molecule has 3 nitrogen and oxygen atoms in total. The highest BCUT2D eigenvalue weighted by atomic mass is 35.5. The molecule has 2 heterocycles. The predicted octanol–water partition coefficient (Wildman–Crippen LogP) is -1.24. The fourth-order valence-corrected chi connectivity index (χ4v) is 3.83. The molecule has 122 valence electrons. The van der Waals surface area contributed by atoms with E-state index in [0.29, 0.717) is 12.0 Å². The van der Waals surface area contributed by atoms with Crippen LogP contribution < -0.4 is 22.2 Å².